The Hall–Kier alpha value is -1.36. The number of hydrogen-bond acceptors (Lipinski definition) is 3. The number of amides is 1. The SMILES string of the molecule is CCS(=O)(=O)c1ccc(NC(=O)CCC2CCCCC2)cc1. The van der Waals surface area contributed by atoms with E-state index in [0.717, 1.165) is 6.42 Å². The van der Waals surface area contributed by atoms with Crippen LogP contribution in [0.15, 0.2) is 29.2 Å². The third kappa shape index (κ3) is 4.83. The zero-order chi connectivity index (χ0) is 16.0. The van der Waals surface area contributed by atoms with E-state index in [9.17, 15) is 13.2 Å². The van der Waals surface area contributed by atoms with Gasteiger partial charge in [0.1, 0.15) is 0 Å². The molecular weight excluding hydrogens is 298 g/mol. The third-order valence-corrected chi connectivity index (χ3v) is 6.13. The van der Waals surface area contributed by atoms with Gasteiger partial charge in [0.2, 0.25) is 5.91 Å². The lowest BCUT2D eigenvalue weighted by molar-refractivity contribution is -0.116. The first-order chi connectivity index (χ1) is 10.5. The topological polar surface area (TPSA) is 63.2 Å². The molecule has 1 amide bonds. The lowest BCUT2D eigenvalue weighted by Crippen LogP contribution is -2.15. The Kier molecular flexibility index (Phi) is 6.00. The predicted molar refractivity (Wildman–Crippen MR) is 88.6 cm³/mol. The van der Waals surface area contributed by atoms with Gasteiger partial charge < -0.3 is 5.32 Å². The Balaban J connectivity index is 1.83. The highest BCUT2D eigenvalue weighted by atomic mass is 32.2. The quantitative estimate of drug-likeness (QED) is 0.866. The van der Waals surface area contributed by atoms with E-state index in [-0.39, 0.29) is 11.7 Å². The molecule has 0 spiro atoms. The number of sulfone groups is 1. The van der Waals surface area contributed by atoms with Crippen LogP contribution in [0, 0.1) is 5.92 Å². The van der Waals surface area contributed by atoms with E-state index in [2.05, 4.69) is 5.32 Å². The zero-order valence-electron chi connectivity index (χ0n) is 13.2. The summed E-state index contributed by atoms with van der Waals surface area (Å²) in [7, 11) is -3.18. The molecule has 122 valence electrons. The average molecular weight is 323 g/mol. The van der Waals surface area contributed by atoms with Crippen molar-refractivity contribution in [3.05, 3.63) is 24.3 Å². The van der Waals surface area contributed by atoms with Crippen LogP contribution in [-0.4, -0.2) is 20.1 Å². The fourth-order valence-corrected chi connectivity index (χ4v) is 3.83. The maximum absolute atomic E-state index is 12.0. The minimum Gasteiger partial charge on any atom is -0.326 e. The molecule has 2 rings (SSSR count). The van der Waals surface area contributed by atoms with Gasteiger partial charge in [0.25, 0.3) is 0 Å². The molecule has 1 aliphatic rings. The summed E-state index contributed by atoms with van der Waals surface area (Å²) in [6.45, 7) is 1.62. The van der Waals surface area contributed by atoms with Gasteiger partial charge in [0.05, 0.1) is 10.6 Å². The summed E-state index contributed by atoms with van der Waals surface area (Å²) >= 11 is 0. The Labute approximate surface area is 133 Å². The number of carbonyl (C=O) groups excluding carboxylic acids is 1. The molecule has 1 aromatic rings. The predicted octanol–water partition coefficient (Wildman–Crippen LogP) is 3.78. The van der Waals surface area contributed by atoms with E-state index in [0.29, 0.717) is 22.9 Å². The molecule has 0 bridgehead atoms. The Bertz CT molecular complexity index is 587. The molecule has 1 fully saturated rings. The number of nitrogens with one attached hydrogen (secondary N) is 1. The van der Waals surface area contributed by atoms with Crippen LogP contribution in [0.3, 0.4) is 0 Å². The standard InChI is InChI=1S/C17H25NO3S/c1-2-22(20,21)16-11-9-15(10-12-16)18-17(19)13-8-14-6-4-3-5-7-14/h9-12,14H,2-8,13H2,1H3,(H,18,19). The van der Waals surface area contributed by atoms with Crippen molar-refractivity contribution in [1.82, 2.24) is 0 Å². The average Bonchev–Trinajstić information content (AvgIpc) is 2.54. The fraction of sp³-hybridized carbons (Fsp3) is 0.588. The first-order valence-corrected chi connectivity index (χ1v) is 9.79. The summed E-state index contributed by atoms with van der Waals surface area (Å²) < 4.78 is 23.4. The van der Waals surface area contributed by atoms with E-state index < -0.39 is 9.84 Å². The van der Waals surface area contributed by atoms with Crippen molar-refractivity contribution in [2.75, 3.05) is 11.1 Å². The van der Waals surface area contributed by atoms with Gasteiger partial charge in [0.15, 0.2) is 9.84 Å². The molecule has 22 heavy (non-hydrogen) atoms. The third-order valence-electron chi connectivity index (χ3n) is 4.38. The number of carbonyl (C=O) groups is 1. The first kappa shape index (κ1) is 17.0. The fourth-order valence-electron chi connectivity index (χ4n) is 2.95. The van der Waals surface area contributed by atoms with E-state index in [1.54, 1.807) is 31.2 Å². The van der Waals surface area contributed by atoms with Gasteiger partial charge in [-0.25, -0.2) is 8.42 Å². The molecule has 0 saturated heterocycles. The van der Waals surface area contributed by atoms with Crippen molar-refractivity contribution >= 4 is 21.4 Å². The minimum absolute atomic E-state index is 0.0108. The highest BCUT2D eigenvalue weighted by Gasteiger charge is 2.15. The van der Waals surface area contributed by atoms with Crippen LogP contribution >= 0.6 is 0 Å². The molecule has 1 N–H and O–H groups in total. The molecule has 0 atom stereocenters. The highest BCUT2D eigenvalue weighted by molar-refractivity contribution is 7.91. The van der Waals surface area contributed by atoms with Gasteiger partial charge in [0, 0.05) is 12.1 Å². The van der Waals surface area contributed by atoms with Crippen molar-refractivity contribution in [3.8, 4) is 0 Å². The Morgan fingerprint density at radius 1 is 1.14 bits per heavy atom. The lowest BCUT2D eigenvalue weighted by Gasteiger charge is -2.21. The van der Waals surface area contributed by atoms with Gasteiger partial charge >= 0.3 is 0 Å². The summed E-state index contributed by atoms with van der Waals surface area (Å²) in [6, 6.07) is 6.41. The molecule has 0 aliphatic heterocycles. The van der Waals surface area contributed by atoms with E-state index in [4.69, 9.17) is 0 Å². The molecule has 1 aliphatic carbocycles. The number of benzene rings is 1. The maximum Gasteiger partial charge on any atom is 0.224 e. The molecule has 1 saturated carbocycles. The van der Waals surface area contributed by atoms with Gasteiger partial charge in [-0.1, -0.05) is 39.0 Å². The molecule has 1 aromatic carbocycles. The summed E-state index contributed by atoms with van der Waals surface area (Å²) in [5, 5.41) is 2.84. The van der Waals surface area contributed by atoms with E-state index in [1.165, 1.54) is 32.1 Å². The van der Waals surface area contributed by atoms with Gasteiger partial charge in [-0.2, -0.15) is 0 Å². The van der Waals surface area contributed by atoms with Crippen molar-refractivity contribution < 1.29 is 13.2 Å². The number of anilines is 1. The van der Waals surface area contributed by atoms with Crippen LogP contribution in [0.4, 0.5) is 5.69 Å². The summed E-state index contributed by atoms with van der Waals surface area (Å²) in [5.41, 5.74) is 0.656. The van der Waals surface area contributed by atoms with Crippen molar-refractivity contribution in [2.24, 2.45) is 5.92 Å². The second-order valence-electron chi connectivity index (χ2n) is 6.02. The summed E-state index contributed by atoms with van der Waals surface area (Å²) in [5.74, 6) is 0.786. The van der Waals surface area contributed by atoms with E-state index in [1.807, 2.05) is 0 Å². The monoisotopic (exact) mass is 323 g/mol. The van der Waals surface area contributed by atoms with Gasteiger partial charge in [-0.3, -0.25) is 4.79 Å². The highest BCUT2D eigenvalue weighted by Crippen LogP contribution is 2.27. The van der Waals surface area contributed by atoms with Gasteiger partial charge in [-0.05, 0) is 36.6 Å². The van der Waals surface area contributed by atoms with Crippen LogP contribution in [0.1, 0.15) is 51.9 Å². The zero-order valence-corrected chi connectivity index (χ0v) is 14.0. The van der Waals surface area contributed by atoms with Crippen LogP contribution in [0.25, 0.3) is 0 Å². The maximum atomic E-state index is 12.0. The van der Waals surface area contributed by atoms with Crippen LogP contribution in [0.5, 0.6) is 0 Å². The molecule has 5 heteroatoms. The second-order valence-corrected chi connectivity index (χ2v) is 8.30. The summed E-state index contributed by atoms with van der Waals surface area (Å²) in [6.07, 6.45) is 7.90. The Morgan fingerprint density at radius 3 is 2.36 bits per heavy atom. The largest absolute Gasteiger partial charge is 0.326 e. The van der Waals surface area contributed by atoms with Crippen LogP contribution in [-0.2, 0) is 14.6 Å². The smallest absolute Gasteiger partial charge is 0.224 e. The molecular formula is C17H25NO3S. The van der Waals surface area contributed by atoms with Crippen LogP contribution < -0.4 is 5.32 Å². The molecule has 0 heterocycles. The van der Waals surface area contributed by atoms with Crippen molar-refractivity contribution in [2.45, 2.75) is 56.8 Å². The van der Waals surface area contributed by atoms with E-state index >= 15 is 0 Å². The summed E-state index contributed by atoms with van der Waals surface area (Å²) in [4.78, 5) is 12.3. The minimum atomic E-state index is -3.18. The second kappa shape index (κ2) is 7.77. The molecule has 0 unspecified atom stereocenters. The molecule has 0 aromatic heterocycles. The normalized spacial score (nSPS) is 16.4. The van der Waals surface area contributed by atoms with Crippen molar-refractivity contribution in [1.29, 1.82) is 0 Å². The van der Waals surface area contributed by atoms with Gasteiger partial charge in [-0.15, -0.1) is 0 Å². The van der Waals surface area contributed by atoms with Crippen LogP contribution in [0.2, 0.25) is 0 Å². The molecule has 4 nitrogen and oxygen atoms in total. The molecule has 0 radical (unpaired) electrons. The number of rotatable bonds is 6. The first-order valence-electron chi connectivity index (χ1n) is 8.14. The Morgan fingerprint density at radius 2 is 1.77 bits per heavy atom. The number of hydrogen-bond donors (Lipinski definition) is 1. The van der Waals surface area contributed by atoms with Crippen molar-refractivity contribution in [3.63, 3.8) is 0 Å². The lowest BCUT2D eigenvalue weighted by atomic mass is 9.86.